The van der Waals surface area contributed by atoms with Crippen molar-refractivity contribution >= 4 is 35.0 Å². The summed E-state index contributed by atoms with van der Waals surface area (Å²) in [7, 11) is 0. The van der Waals surface area contributed by atoms with Gasteiger partial charge in [-0.25, -0.2) is 0 Å². The van der Waals surface area contributed by atoms with Crippen LogP contribution in [0, 0.1) is 0 Å². The minimum absolute atomic E-state index is 0.180. The van der Waals surface area contributed by atoms with Gasteiger partial charge in [0.15, 0.2) is 6.61 Å². The fraction of sp³-hybridized carbons (Fsp3) is 0.417. The summed E-state index contributed by atoms with van der Waals surface area (Å²) in [4.78, 5) is 27.7. The van der Waals surface area contributed by atoms with Crippen LogP contribution in [0.1, 0.15) is 39.7 Å². The molecule has 2 amide bonds. The largest absolute Gasteiger partial charge is 0.482 e. The van der Waals surface area contributed by atoms with Crippen molar-refractivity contribution in [3.63, 3.8) is 0 Å². The molecule has 5 nitrogen and oxygen atoms in total. The highest BCUT2D eigenvalue weighted by Gasteiger charge is 2.30. The molecule has 0 aliphatic rings. The summed E-state index contributed by atoms with van der Waals surface area (Å²) in [5, 5.41) is 3.80. The number of nitrogens with one attached hydrogen (secondary N) is 1. The first kappa shape index (κ1) is 25.0. The molecule has 0 fully saturated rings. The van der Waals surface area contributed by atoms with Crippen LogP contribution in [0.5, 0.6) is 5.75 Å². The molecule has 1 N–H and O–H groups in total. The molecule has 31 heavy (non-hydrogen) atoms. The zero-order chi connectivity index (χ0) is 23.0. The van der Waals surface area contributed by atoms with Crippen molar-refractivity contribution in [3.8, 4) is 5.75 Å². The molecular weight excluding hydrogens is 435 g/mol. The summed E-state index contributed by atoms with van der Waals surface area (Å²) < 4.78 is 5.65. The Morgan fingerprint density at radius 1 is 1.10 bits per heavy atom. The van der Waals surface area contributed by atoms with Crippen LogP contribution in [0.4, 0.5) is 0 Å². The Kier molecular flexibility index (Phi) is 9.20. The molecule has 2 rings (SSSR count). The quantitative estimate of drug-likeness (QED) is 0.558. The zero-order valence-corrected chi connectivity index (χ0v) is 20.0. The Balaban J connectivity index is 2.17. The zero-order valence-electron chi connectivity index (χ0n) is 18.5. The molecule has 2 aromatic rings. The highest BCUT2D eigenvalue weighted by atomic mass is 35.5. The Hall–Kier alpha value is -2.24. The first-order chi connectivity index (χ1) is 14.6. The fourth-order valence-electron chi connectivity index (χ4n) is 3.16. The number of ether oxygens (including phenoxy) is 1. The molecule has 0 aromatic heterocycles. The van der Waals surface area contributed by atoms with Crippen molar-refractivity contribution in [2.75, 3.05) is 13.2 Å². The third-order valence-electron chi connectivity index (χ3n) is 4.61. The lowest BCUT2D eigenvalue weighted by atomic mass is 10.1. The van der Waals surface area contributed by atoms with Gasteiger partial charge in [-0.1, -0.05) is 60.5 Å². The Bertz CT molecular complexity index is 882. The molecule has 1 atom stereocenters. The maximum Gasteiger partial charge on any atom is 0.261 e. The van der Waals surface area contributed by atoms with Gasteiger partial charge in [0.1, 0.15) is 11.8 Å². The van der Waals surface area contributed by atoms with E-state index in [1.165, 1.54) is 0 Å². The molecule has 0 heterocycles. The molecule has 0 aliphatic carbocycles. The van der Waals surface area contributed by atoms with E-state index >= 15 is 0 Å². The Morgan fingerprint density at radius 3 is 2.35 bits per heavy atom. The highest BCUT2D eigenvalue weighted by Crippen LogP contribution is 2.27. The SMILES string of the molecule is CC[C@H](C(=O)NC(C)(C)C)N(CCc1ccccc1)C(=O)COc1ccc(Cl)cc1Cl. The van der Waals surface area contributed by atoms with Gasteiger partial charge in [-0.05, 0) is 57.4 Å². The smallest absolute Gasteiger partial charge is 0.261 e. The first-order valence-corrected chi connectivity index (χ1v) is 11.1. The third kappa shape index (κ3) is 8.08. The van der Waals surface area contributed by atoms with Crippen LogP contribution >= 0.6 is 23.2 Å². The van der Waals surface area contributed by atoms with Crippen LogP contribution in [-0.4, -0.2) is 41.4 Å². The molecule has 2 aromatic carbocycles. The molecule has 0 spiro atoms. The van der Waals surface area contributed by atoms with Crippen molar-refractivity contribution < 1.29 is 14.3 Å². The lowest BCUT2D eigenvalue weighted by Crippen LogP contribution is -2.54. The van der Waals surface area contributed by atoms with Crippen LogP contribution in [0.15, 0.2) is 48.5 Å². The number of nitrogens with zero attached hydrogens (tertiary/aromatic N) is 1. The second-order valence-electron chi connectivity index (χ2n) is 8.35. The van der Waals surface area contributed by atoms with Gasteiger partial charge in [0, 0.05) is 17.1 Å². The van der Waals surface area contributed by atoms with Crippen molar-refractivity contribution in [2.45, 2.75) is 52.1 Å². The van der Waals surface area contributed by atoms with E-state index in [2.05, 4.69) is 5.32 Å². The average Bonchev–Trinajstić information content (AvgIpc) is 2.69. The summed E-state index contributed by atoms with van der Waals surface area (Å²) in [5.74, 6) is -0.0894. The predicted molar refractivity (Wildman–Crippen MR) is 126 cm³/mol. The lowest BCUT2D eigenvalue weighted by molar-refractivity contribution is -0.142. The number of hydrogen-bond acceptors (Lipinski definition) is 3. The van der Waals surface area contributed by atoms with E-state index in [4.69, 9.17) is 27.9 Å². The first-order valence-electron chi connectivity index (χ1n) is 10.3. The van der Waals surface area contributed by atoms with Gasteiger partial charge in [-0.2, -0.15) is 0 Å². The average molecular weight is 465 g/mol. The maximum atomic E-state index is 13.1. The molecule has 0 bridgehead atoms. The van der Waals surface area contributed by atoms with Crippen LogP contribution in [0.2, 0.25) is 10.0 Å². The molecule has 7 heteroatoms. The van der Waals surface area contributed by atoms with Crippen LogP contribution in [0.25, 0.3) is 0 Å². The van der Waals surface area contributed by atoms with E-state index in [0.717, 1.165) is 5.56 Å². The minimum Gasteiger partial charge on any atom is -0.482 e. The lowest BCUT2D eigenvalue weighted by Gasteiger charge is -2.33. The fourth-order valence-corrected chi connectivity index (χ4v) is 3.63. The standard InChI is InChI=1S/C24H30Cl2N2O3/c1-5-20(23(30)27-24(2,3)4)28(14-13-17-9-7-6-8-10-17)22(29)16-31-21-12-11-18(25)15-19(21)26/h6-12,15,20H,5,13-14,16H2,1-4H3,(H,27,30)/t20-/m1/s1. The monoisotopic (exact) mass is 464 g/mol. The number of hydrogen-bond donors (Lipinski definition) is 1. The van der Waals surface area contributed by atoms with Crippen LogP contribution in [-0.2, 0) is 16.0 Å². The van der Waals surface area contributed by atoms with Gasteiger partial charge in [-0.15, -0.1) is 0 Å². The maximum absolute atomic E-state index is 13.1. The van der Waals surface area contributed by atoms with Gasteiger partial charge in [-0.3, -0.25) is 9.59 Å². The molecule has 0 saturated carbocycles. The van der Waals surface area contributed by atoms with E-state index in [-0.39, 0.29) is 18.4 Å². The normalized spacial score (nSPS) is 12.2. The van der Waals surface area contributed by atoms with Crippen LogP contribution in [0.3, 0.4) is 0 Å². The van der Waals surface area contributed by atoms with E-state index in [1.807, 2.05) is 58.0 Å². The van der Waals surface area contributed by atoms with E-state index < -0.39 is 11.6 Å². The molecule has 168 valence electrons. The second-order valence-corrected chi connectivity index (χ2v) is 9.19. The number of carbonyl (C=O) groups is 2. The predicted octanol–water partition coefficient (Wildman–Crippen LogP) is 5.14. The van der Waals surface area contributed by atoms with E-state index in [0.29, 0.717) is 35.2 Å². The molecular formula is C24H30Cl2N2O3. The van der Waals surface area contributed by atoms with Gasteiger partial charge in [0.25, 0.3) is 5.91 Å². The number of benzene rings is 2. The third-order valence-corrected chi connectivity index (χ3v) is 5.14. The van der Waals surface area contributed by atoms with Crippen LogP contribution < -0.4 is 10.1 Å². The molecule has 0 saturated heterocycles. The second kappa shape index (κ2) is 11.4. The summed E-state index contributed by atoms with van der Waals surface area (Å²) in [6, 6.07) is 14.1. The summed E-state index contributed by atoms with van der Waals surface area (Å²) in [6.07, 6.45) is 1.12. The Morgan fingerprint density at radius 2 is 1.77 bits per heavy atom. The van der Waals surface area contributed by atoms with Crippen molar-refractivity contribution in [2.24, 2.45) is 0 Å². The van der Waals surface area contributed by atoms with Crippen molar-refractivity contribution in [3.05, 3.63) is 64.1 Å². The van der Waals surface area contributed by atoms with Gasteiger partial charge in [0.05, 0.1) is 5.02 Å². The Labute approximate surface area is 194 Å². The highest BCUT2D eigenvalue weighted by molar-refractivity contribution is 6.35. The topological polar surface area (TPSA) is 58.6 Å². The van der Waals surface area contributed by atoms with E-state index in [1.54, 1.807) is 23.1 Å². The van der Waals surface area contributed by atoms with Crippen molar-refractivity contribution in [1.29, 1.82) is 0 Å². The van der Waals surface area contributed by atoms with Gasteiger partial charge in [0.2, 0.25) is 5.91 Å². The molecule has 0 radical (unpaired) electrons. The van der Waals surface area contributed by atoms with Gasteiger partial charge < -0.3 is 15.0 Å². The summed E-state index contributed by atoms with van der Waals surface area (Å²) in [6.45, 7) is 7.82. The minimum atomic E-state index is -0.597. The number of rotatable bonds is 9. The summed E-state index contributed by atoms with van der Waals surface area (Å²) >= 11 is 12.1. The molecule has 0 unspecified atom stereocenters. The number of carbonyl (C=O) groups excluding carboxylic acids is 2. The number of amides is 2. The van der Waals surface area contributed by atoms with E-state index in [9.17, 15) is 9.59 Å². The number of halogens is 2. The van der Waals surface area contributed by atoms with Gasteiger partial charge >= 0.3 is 0 Å². The molecule has 0 aliphatic heterocycles. The van der Waals surface area contributed by atoms with Crippen molar-refractivity contribution in [1.82, 2.24) is 10.2 Å². The summed E-state index contributed by atoms with van der Waals surface area (Å²) in [5.41, 5.74) is 0.694.